The molecule has 0 bridgehead atoms. The van der Waals surface area contributed by atoms with E-state index < -0.39 is 10.0 Å². The molecule has 3 aromatic rings. The first-order chi connectivity index (χ1) is 14.2. The summed E-state index contributed by atoms with van der Waals surface area (Å²) in [4.78, 5) is 12.9. The number of benzene rings is 2. The maximum absolute atomic E-state index is 12.9. The molecule has 158 valence electrons. The van der Waals surface area contributed by atoms with Gasteiger partial charge in [-0.05, 0) is 62.2 Å². The van der Waals surface area contributed by atoms with E-state index in [4.69, 9.17) is 0 Å². The van der Waals surface area contributed by atoms with Gasteiger partial charge in [0.05, 0.1) is 34.6 Å². The van der Waals surface area contributed by atoms with Crippen LogP contribution in [-0.2, 0) is 10.0 Å². The Balaban J connectivity index is 1.83. The number of amides is 1. The van der Waals surface area contributed by atoms with Crippen LogP contribution in [0.3, 0.4) is 0 Å². The summed E-state index contributed by atoms with van der Waals surface area (Å²) < 4.78 is 29.4. The topological polar surface area (TPSA) is 93.1 Å². The minimum absolute atomic E-state index is 0.0392. The molecule has 30 heavy (non-hydrogen) atoms. The van der Waals surface area contributed by atoms with Crippen molar-refractivity contribution in [2.75, 3.05) is 15.8 Å². The number of anilines is 2. The van der Waals surface area contributed by atoms with Crippen molar-refractivity contribution in [1.29, 1.82) is 0 Å². The molecule has 0 saturated heterocycles. The van der Waals surface area contributed by atoms with Crippen molar-refractivity contribution in [3.05, 3.63) is 70.0 Å². The molecule has 0 unspecified atom stereocenters. The highest BCUT2D eigenvalue weighted by Crippen LogP contribution is 2.25. The summed E-state index contributed by atoms with van der Waals surface area (Å²) in [6, 6.07) is 12.7. The van der Waals surface area contributed by atoms with Crippen molar-refractivity contribution in [3.63, 3.8) is 0 Å². The van der Waals surface area contributed by atoms with Crippen LogP contribution >= 0.6 is 15.9 Å². The zero-order chi connectivity index (χ0) is 21.9. The van der Waals surface area contributed by atoms with Crippen LogP contribution in [0.5, 0.6) is 0 Å². The first-order valence-electron chi connectivity index (χ1n) is 9.44. The Morgan fingerprint density at radius 3 is 2.43 bits per heavy atom. The minimum Gasteiger partial charge on any atom is -0.322 e. The third-order valence-corrected chi connectivity index (χ3v) is 6.65. The normalized spacial score (nSPS) is 11.3. The van der Waals surface area contributed by atoms with Crippen LogP contribution in [0.1, 0.15) is 35.0 Å². The molecule has 0 radical (unpaired) electrons. The largest absolute Gasteiger partial charge is 0.322 e. The number of nitrogens with one attached hydrogen (secondary N) is 2. The summed E-state index contributed by atoms with van der Waals surface area (Å²) in [6.45, 7) is 5.39. The molecule has 2 aromatic carbocycles. The average molecular weight is 491 g/mol. The van der Waals surface area contributed by atoms with E-state index in [0.717, 1.165) is 10.2 Å². The lowest BCUT2D eigenvalue weighted by Gasteiger charge is -2.14. The van der Waals surface area contributed by atoms with Crippen molar-refractivity contribution in [2.24, 2.45) is 0 Å². The average Bonchev–Trinajstić information content (AvgIpc) is 3.07. The van der Waals surface area contributed by atoms with Crippen LogP contribution in [0, 0.1) is 13.8 Å². The van der Waals surface area contributed by atoms with Crippen LogP contribution in [0.25, 0.3) is 5.69 Å². The van der Waals surface area contributed by atoms with Gasteiger partial charge in [-0.3, -0.25) is 9.52 Å². The molecule has 0 aliphatic heterocycles. The number of hydrogen-bond donors (Lipinski definition) is 2. The van der Waals surface area contributed by atoms with Crippen molar-refractivity contribution in [2.45, 2.75) is 27.2 Å². The van der Waals surface area contributed by atoms with Crippen LogP contribution in [0.2, 0.25) is 0 Å². The number of rotatable bonds is 7. The van der Waals surface area contributed by atoms with Crippen molar-refractivity contribution < 1.29 is 13.2 Å². The quantitative estimate of drug-likeness (QED) is 0.503. The number of carbonyl (C=O) groups is 1. The Hall–Kier alpha value is -2.65. The first-order valence-corrected chi connectivity index (χ1v) is 11.9. The van der Waals surface area contributed by atoms with Crippen molar-refractivity contribution >= 4 is 43.2 Å². The third kappa shape index (κ3) is 4.91. The van der Waals surface area contributed by atoms with Gasteiger partial charge >= 0.3 is 0 Å². The number of nitrogens with zero attached hydrogens (tertiary/aromatic N) is 2. The van der Waals surface area contributed by atoms with Crippen molar-refractivity contribution in [1.82, 2.24) is 9.78 Å². The molecule has 2 N–H and O–H groups in total. The fourth-order valence-corrected chi connectivity index (χ4v) is 4.49. The van der Waals surface area contributed by atoms with E-state index in [1.807, 2.05) is 31.2 Å². The summed E-state index contributed by atoms with van der Waals surface area (Å²) in [7, 11) is -3.42. The molecular weight excluding hydrogens is 468 g/mol. The second kappa shape index (κ2) is 9.01. The van der Waals surface area contributed by atoms with Gasteiger partial charge in [0.15, 0.2) is 0 Å². The van der Waals surface area contributed by atoms with Gasteiger partial charge < -0.3 is 5.32 Å². The number of aromatic nitrogens is 2. The van der Waals surface area contributed by atoms with E-state index in [0.29, 0.717) is 34.6 Å². The molecule has 0 spiro atoms. The monoisotopic (exact) mass is 490 g/mol. The van der Waals surface area contributed by atoms with Crippen LogP contribution < -0.4 is 10.0 Å². The molecule has 3 rings (SSSR count). The summed E-state index contributed by atoms with van der Waals surface area (Å²) in [5.41, 5.74) is 3.61. The smallest absolute Gasteiger partial charge is 0.259 e. The first kappa shape index (κ1) is 22.0. The fraction of sp³-hybridized carbons (Fsp3) is 0.238. The molecule has 0 aliphatic carbocycles. The molecule has 9 heteroatoms. The van der Waals surface area contributed by atoms with Gasteiger partial charge in [0.1, 0.15) is 0 Å². The maximum Gasteiger partial charge on any atom is 0.259 e. The highest BCUT2D eigenvalue weighted by Gasteiger charge is 2.18. The Bertz CT molecular complexity index is 1170. The summed E-state index contributed by atoms with van der Waals surface area (Å²) in [5.74, 6) is -0.273. The lowest BCUT2D eigenvalue weighted by atomic mass is 10.1. The molecule has 0 atom stereocenters. The van der Waals surface area contributed by atoms with E-state index in [2.05, 4.69) is 31.1 Å². The van der Waals surface area contributed by atoms with Gasteiger partial charge in [-0.15, -0.1) is 0 Å². The van der Waals surface area contributed by atoms with Gasteiger partial charge in [-0.25, -0.2) is 13.1 Å². The lowest BCUT2D eigenvalue weighted by Crippen LogP contribution is -2.18. The predicted octanol–water partition coefficient (Wildman–Crippen LogP) is 4.66. The van der Waals surface area contributed by atoms with Gasteiger partial charge in [-0.2, -0.15) is 5.10 Å². The Morgan fingerprint density at radius 2 is 1.77 bits per heavy atom. The fourth-order valence-electron chi connectivity index (χ4n) is 3.03. The number of hydrogen-bond acceptors (Lipinski definition) is 4. The molecular formula is C21H23BrN4O3S. The van der Waals surface area contributed by atoms with E-state index in [-0.39, 0.29) is 11.7 Å². The van der Waals surface area contributed by atoms with Gasteiger partial charge in [0, 0.05) is 10.2 Å². The molecule has 1 amide bonds. The second-order valence-electron chi connectivity index (χ2n) is 6.89. The summed E-state index contributed by atoms with van der Waals surface area (Å²) in [5, 5.41) is 7.20. The standard InChI is InChI=1S/C21H23BrN4O3S/c1-4-12-30(28,29)25-20-7-5-6-19(14(20)2)24-21(27)18-13-23-26(15(18)3)17-10-8-16(22)9-11-17/h5-11,13,25H,4,12H2,1-3H3,(H,24,27). The SMILES string of the molecule is CCCS(=O)(=O)Nc1cccc(NC(=O)c2cnn(-c3ccc(Br)cc3)c2C)c1C. The van der Waals surface area contributed by atoms with Crippen LogP contribution in [0.15, 0.2) is 53.1 Å². The molecule has 0 fully saturated rings. The third-order valence-electron chi connectivity index (χ3n) is 4.65. The van der Waals surface area contributed by atoms with Gasteiger partial charge in [0.2, 0.25) is 10.0 Å². The molecule has 1 heterocycles. The van der Waals surface area contributed by atoms with E-state index >= 15 is 0 Å². The van der Waals surface area contributed by atoms with Crippen LogP contribution in [-0.4, -0.2) is 29.9 Å². The zero-order valence-corrected chi connectivity index (χ0v) is 19.3. The van der Waals surface area contributed by atoms with Crippen molar-refractivity contribution in [3.8, 4) is 5.69 Å². The van der Waals surface area contributed by atoms with E-state index in [1.165, 1.54) is 6.20 Å². The number of carbonyl (C=O) groups excluding carboxylic acids is 1. The summed E-state index contributed by atoms with van der Waals surface area (Å²) in [6.07, 6.45) is 2.04. The lowest BCUT2D eigenvalue weighted by molar-refractivity contribution is 0.102. The van der Waals surface area contributed by atoms with E-state index in [1.54, 1.807) is 36.7 Å². The second-order valence-corrected chi connectivity index (χ2v) is 9.64. The minimum atomic E-state index is -3.42. The molecule has 0 aliphatic rings. The van der Waals surface area contributed by atoms with Gasteiger partial charge in [0.25, 0.3) is 5.91 Å². The highest BCUT2D eigenvalue weighted by atomic mass is 79.9. The van der Waals surface area contributed by atoms with E-state index in [9.17, 15) is 13.2 Å². The number of sulfonamides is 1. The Kier molecular flexibility index (Phi) is 6.62. The molecule has 7 nitrogen and oxygen atoms in total. The zero-order valence-electron chi connectivity index (χ0n) is 16.9. The predicted molar refractivity (Wildman–Crippen MR) is 123 cm³/mol. The molecule has 0 saturated carbocycles. The van der Waals surface area contributed by atoms with Gasteiger partial charge in [-0.1, -0.05) is 28.9 Å². The Morgan fingerprint density at radius 1 is 1.10 bits per heavy atom. The highest BCUT2D eigenvalue weighted by molar-refractivity contribution is 9.10. The number of halogens is 1. The summed E-state index contributed by atoms with van der Waals surface area (Å²) >= 11 is 3.40. The molecule has 1 aromatic heterocycles. The Labute approximate surface area is 184 Å². The van der Waals surface area contributed by atoms with Crippen LogP contribution in [0.4, 0.5) is 11.4 Å². The maximum atomic E-state index is 12.9.